The van der Waals surface area contributed by atoms with Gasteiger partial charge in [-0.05, 0) is 94.3 Å². The number of rotatable bonds is 17. The Morgan fingerprint density at radius 1 is 0.492 bits per heavy atom. The Hall–Kier alpha value is -6.99. The first-order chi connectivity index (χ1) is 29.8. The summed E-state index contributed by atoms with van der Waals surface area (Å²) in [6.07, 6.45) is 0. The molecule has 6 aromatic carbocycles. The molecule has 8 rings (SSSR count). The van der Waals surface area contributed by atoms with Gasteiger partial charge in [-0.3, -0.25) is 0 Å². The minimum atomic E-state index is 0.000591. The minimum Gasteiger partial charge on any atom is -0.506 e. The molecule has 61 heavy (non-hydrogen) atoms. The molecule has 4 N–H and O–H groups in total. The third-order valence-electron chi connectivity index (χ3n) is 9.06. The zero-order chi connectivity index (χ0) is 42.6. The molecule has 0 saturated carbocycles. The summed E-state index contributed by atoms with van der Waals surface area (Å²) in [6, 6.07) is 28.4. The van der Waals surface area contributed by atoms with Crippen molar-refractivity contribution in [2.45, 2.75) is 0 Å². The number of aliphatic hydroxyl groups excluding tert-OH is 2. The molecule has 2 aromatic heterocycles. The van der Waals surface area contributed by atoms with Gasteiger partial charge in [-0.2, -0.15) is 11.8 Å². The Kier molecular flexibility index (Phi) is 14.0. The van der Waals surface area contributed by atoms with Gasteiger partial charge in [-0.25, -0.2) is 9.69 Å². The first-order valence-electron chi connectivity index (χ1n) is 19.1. The van der Waals surface area contributed by atoms with Crippen LogP contribution < -0.4 is 9.47 Å². The molecule has 0 radical (unpaired) electrons. The molecular weight excluding hydrogens is 801 g/mol. The second-order valence-electron chi connectivity index (χ2n) is 13.2. The molecular formula is C44H40N8O8S. The number of phenols is 2. The van der Waals surface area contributed by atoms with Gasteiger partial charge in [-0.1, -0.05) is 24.3 Å². The van der Waals surface area contributed by atoms with Gasteiger partial charge in [-0.15, -0.1) is 30.0 Å². The maximum Gasteiger partial charge on any atom is 0.189 e. The van der Waals surface area contributed by atoms with Gasteiger partial charge in [0.25, 0.3) is 0 Å². The second-order valence-corrected chi connectivity index (χ2v) is 14.5. The van der Waals surface area contributed by atoms with Crippen molar-refractivity contribution in [2.24, 2.45) is 0 Å². The monoisotopic (exact) mass is 840 g/mol. The van der Waals surface area contributed by atoms with Gasteiger partial charge < -0.3 is 39.4 Å². The highest BCUT2D eigenvalue weighted by Gasteiger charge is 2.14. The van der Waals surface area contributed by atoms with Crippen molar-refractivity contribution in [1.29, 1.82) is 0 Å². The molecule has 0 atom stereocenters. The van der Waals surface area contributed by atoms with Crippen molar-refractivity contribution >= 4 is 66.7 Å². The SMILES string of the molecule is [C-]#[N+]c1ccc2nn(-c3cc4cc(OCCOCCOCCO)ccc4cc3O)nc2c1.[C-]#[N+]c1ccc2nn(-c3cc4cc(OCCSCCO)ccc4cc3O)nc2c1. The molecule has 0 aliphatic rings. The van der Waals surface area contributed by atoms with Crippen LogP contribution in [0.3, 0.4) is 0 Å². The Labute approximate surface area is 353 Å². The number of nitrogens with zero attached hydrogens (tertiary/aromatic N) is 8. The standard InChI is InChI=1S/C23H22N4O5.C21H18N4O3S/c1-24-18-3-5-20-21(15-18)26-27(25-20)22-13-17-12-19(4-2-16(17)14-23(22)29)32-11-10-31-9-8-30-7-6-28;1-22-16-3-5-18-19(13-16)24-25(23-18)20-11-15-10-17(28-7-9-29-8-6-26)4-2-14(15)12-21(20)27/h2-5,12-15,28-29H,6-11H2;2-5,10-13,26-27H,6-9H2. The summed E-state index contributed by atoms with van der Waals surface area (Å²) < 4.78 is 22.1. The van der Waals surface area contributed by atoms with Gasteiger partial charge in [0.2, 0.25) is 0 Å². The maximum atomic E-state index is 10.5. The van der Waals surface area contributed by atoms with E-state index in [1.807, 2.05) is 42.5 Å². The number of fused-ring (bicyclic) bond motifs is 4. The fourth-order valence-corrected chi connectivity index (χ4v) is 6.69. The highest BCUT2D eigenvalue weighted by atomic mass is 32.2. The quantitative estimate of drug-likeness (QED) is 0.0534. The lowest BCUT2D eigenvalue weighted by atomic mass is 10.1. The lowest BCUT2D eigenvalue weighted by molar-refractivity contribution is 0.0247. The number of phenolic OH excluding ortho intramolecular Hbond substituents is 2. The Morgan fingerprint density at radius 3 is 1.49 bits per heavy atom. The van der Waals surface area contributed by atoms with Crippen LogP contribution in [-0.2, 0) is 9.47 Å². The molecule has 0 aliphatic carbocycles. The number of benzene rings is 6. The topological polar surface area (TPSA) is 188 Å². The number of aliphatic hydroxyl groups is 2. The molecule has 0 amide bonds. The Balaban J connectivity index is 0.000000185. The van der Waals surface area contributed by atoms with Crippen molar-refractivity contribution in [3.63, 3.8) is 0 Å². The number of aromatic hydroxyl groups is 2. The van der Waals surface area contributed by atoms with Gasteiger partial charge in [0.05, 0.1) is 59.4 Å². The van der Waals surface area contributed by atoms with E-state index in [-0.39, 0.29) is 24.7 Å². The van der Waals surface area contributed by atoms with E-state index in [1.165, 1.54) is 9.59 Å². The van der Waals surface area contributed by atoms with E-state index in [0.29, 0.717) is 96.0 Å². The largest absolute Gasteiger partial charge is 0.506 e. The third kappa shape index (κ3) is 10.6. The number of aromatic nitrogens is 6. The molecule has 2 heterocycles. The van der Waals surface area contributed by atoms with E-state index in [2.05, 4.69) is 30.1 Å². The van der Waals surface area contributed by atoms with E-state index >= 15 is 0 Å². The molecule has 0 spiro atoms. The molecule has 16 nitrogen and oxygen atoms in total. The highest BCUT2D eigenvalue weighted by Crippen LogP contribution is 2.32. The zero-order valence-electron chi connectivity index (χ0n) is 32.7. The molecule has 0 fully saturated rings. The lowest BCUT2D eigenvalue weighted by Gasteiger charge is -2.10. The van der Waals surface area contributed by atoms with Crippen molar-refractivity contribution in [3.05, 3.63) is 120 Å². The Morgan fingerprint density at radius 2 is 0.984 bits per heavy atom. The summed E-state index contributed by atoms with van der Waals surface area (Å²) in [5, 5.41) is 59.6. The van der Waals surface area contributed by atoms with E-state index < -0.39 is 0 Å². The van der Waals surface area contributed by atoms with Crippen LogP contribution in [0.2, 0.25) is 0 Å². The summed E-state index contributed by atoms with van der Waals surface area (Å²) in [4.78, 5) is 9.57. The number of thioether (sulfide) groups is 1. The summed E-state index contributed by atoms with van der Waals surface area (Å²) in [5.41, 5.74) is 4.31. The van der Waals surface area contributed by atoms with E-state index in [1.54, 1.807) is 66.4 Å². The maximum absolute atomic E-state index is 10.5. The number of hydrogen-bond donors (Lipinski definition) is 4. The minimum absolute atomic E-state index is 0.000591. The average Bonchev–Trinajstić information content (AvgIpc) is 3.91. The van der Waals surface area contributed by atoms with Crippen molar-refractivity contribution < 1.29 is 39.4 Å². The van der Waals surface area contributed by atoms with Crippen LogP contribution in [0.5, 0.6) is 23.0 Å². The lowest BCUT2D eigenvalue weighted by Crippen LogP contribution is -2.11. The second kappa shape index (κ2) is 20.3. The molecule has 310 valence electrons. The number of hydrogen-bond acceptors (Lipinski definition) is 13. The van der Waals surface area contributed by atoms with Crippen LogP contribution in [0, 0.1) is 13.1 Å². The molecule has 0 bridgehead atoms. The number of ether oxygens (including phenoxy) is 4. The van der Waals surface area contributed by atoms with Crippen molar-refractivity contribution in [3.8, 4) is 34.4 Å². The van der Waals surface area contributed by atoms with Crippen LogP contribution in [0.1, 0.15) is 0 Å². The van der Waals surface area contributed by atoms with Gasteiger partial charge >= 0.3 is 0 Å². The van der Waals surface area contributed by atoms with Crippen molar-refractivity contribution in [1.82, 2.24) is 30.0 Å². The van der Waals surface area contributed by atoms with Gasteiger partial charge in [0.15, 0.2) is 11.4 Å². The fraction of sp³-hybridized carbons (Fsp3) is 0.227. The molecule has 0 aliphatic heterocycles. The van der Waals surface area contributed by atoms with Crippen LogP contribution in [-0.4, -0.2) is 115 Å². The van der Waals surface area contributed by atoms with Crippen LogP contribution >= 0.6 is 11.8 Å². The first-order valence-corrected chi connectivity index (χ1v) is 20.2. The van der Waals surface area contributed by atoms with Gasteiger partial charge in [0, 0.05) is 11.5 Å². The average molecular weight is 841 g/mol. The van der Waals surface area contributed by atoms with Crippen LogP contribution in [0.4, 0.5) is 11.4 Å². The predicted molar refractivity (Wildman–Crippen MR) is 233 cm³/mol. The zero-order valence-corrected chi connectivity index (χ0v) is 33.5. The first kappa shape index (κ1) is 42.1. The van der Waals surface area contributed by atoms with Crippen molar-refractivity contribution in [2.75, 3.05) is 64.4 Å². The van der Waals surface area contributed by atoms with Crippen LogP contribution in [0.15, 0.2) is 97.1 Å². The summed E-state index contributed by atoms with van der Waals surface area (Å²) in [7, 11) is 0. The fourth-order valence-electron chi connectivity index (χ4n) is 6.15. The van der Waals surface area contributed by atoms with Gasteiger partial charge in [0.1, 0.15) is 63.0 Å². The predicted octanol–water partition coefficient (Wildman–Crippen LogP) is 7.17. The third-order valence-corrected chi connectivity index (χ3v) is 9.99. The summed E-state index contributed by atoms with van der Waals surface area (Å²) >= 11 is 1.64. The normalized spacial score (nSPS) is 11.1. The highest BCUT2D eigenvalue weighted by molar-refractivity contribution is 7.99. The summed E-state index contributed by atoms with van der Waals surface area (Å²) in [5.74, 6) is 3.03. The molecule has 0 saturated heterocycles. The van der Waals surface area contributed by atoms with Crippen LogP contribution in [0.25, 0.3) is 64.7 Å². The molecule has 0 unspecified atom stereocenters. The smallest absolute Gasteiger partial charge is 0.189 e. The summed E-state index contributed by atoms with van der Waals surface area (Å²) in [6.45, 7) is 16.9. The molecule has 8 aromatic rings. The Bertz CT molecular complexity index is 2870. The van der Waals surface area contributed by atoms with E-state index in [9.17, 15) is 10.2 Å². The van der Waals surface area contributed by atoms with E-state index in [4.69, 9.17) is 42.3 Å². The van der Waals surface area contributed by atoms with E-state index in [0.717, 1.165) is 33.0 Å². The molecule has 17 heteroatoms.